The number of aliphatic hydroxyl groups excluding tert-OH is 1. The van der Waals surface area contributed by atoms with Crippen molar-refractivity contribution >= 4 is 12.1 Å². The van der Waals surface area contributed by atoms with Crippen LogP contribution < -0.4 is 10.6 Å². The molecule has 4 nitrogen and oxygen atoms in total. The molecule has 0 heterocycles. The predicted octanol–water partition coefficient (Wildman–Crippen LogP) is 6.10. The third-order valence-electron chi connectivity index (χ3n) is 5.95. The minimum absolute atomic E-state index is 0.138. The number of carbonyl (C=O) groups excluding carboxylic acids is 1. The van der Waals surface area contributed by atoms with Crippen molar-refractivity contribution in [3.8, 4) is 22.3 Å². The number of hydrogen-bond acceptors (Lipinski definition) is 3. The highest BCUT2D eigenvalue weighted by Crippen LogP contribution is 2.41. The van der Waals surface area contributed by atoms with E-state index in [1.165, 1.54) is 11.1 Å². The van der Waals surface area contributed by atoms with E-state index in [1.807, 2.05) is 7.05 Å². The van der Waals surface area contributed by atoms with Gasteiger partial charge in [0.2, 0.25) is 6.41 Å². The van der Waals surface area contributed by atoms with E-state index in [2.05, 4.69) is 86.5 Å². The first-order chi connectivity index (χ1) is 15.4. The molecular formula is C28H32N2O2. The molecule has 32 heavy (non-hydrogen) atoms. The maximum absolute atomic E-state index is 11.0. The number of nitrogens with one attached hydrogen (secondary N) is 2. The number of hydrogen-bond donors (Lipinski definition) is 3. The standard InChI is InChI=1S/C28H32N2O2/c1-6-21-9-12-24(23(14-21)16-30-17-31)27-15-26(22-10-7-18(2)8-11-22)25(13-19(3)32)20(4)28(27)29-5/h7-12,14-15,17,29,32H,3,6,13,16H2,1-2,4-5H3,(H,30,31). The number of carbonyl (C=O) groups is 1. The van der Waals surface area contributed by atoms with Gasteiger partial charge in [-0.1, -0.05) is 61.5 Å². The molecule has 0 aliphatic rings. The second kappa shape index (κ2) is 10.2. The molecule has 0 unspecified atom stereocenters. The highest BCUT2D eigenvalue weighted by atomic mass is 16.3. The Morgan fingerprint density at radius 1 is 1.03 bits per heavy atom. The normalized spacial score (nSPS) is 10.6. The molecule has 3 rings (SSSR count). The second-order valence-electron chi connectivity index (χ2n) is 8.15. The molecule has 0 bridgehead atoms. The van der Waals surface area contributed by atoms with Gasteiger partial charge < -0.3 is 15.7 Å². The fourth-order valence-corrected chi connectivity index (χ4v) is 4.24. The van der Waals surface area contributed by atoms with Gasteiger partial charge >= 0.3 is 0 Å². The number of aliphatic hydroxyl groups is 1. The quantitative estimate of drug-likeness (QED) is 0.285. The summed E-state index contributed by atoms with van der Waals surface area (Å²) in [5.74, 6) is 0.138. The molecule has 0 atom stereocenters. The first kappa shape index (κ1) is 23.1. The Kier molecular flexibility index (Phi) is 7.37. The van der Waals surface area contributed by atoms with Crippen LogP contribution in [-0.4, -0.2) is 18.6 Å². The van der Waals surface area contributed by atoms with Gasteiger partial charge in [-0.25, -0.2) is 0 Å². The molecule has 1 amide bonds. The monoisotopic (exact) mass is 428 g/mol. The van der Waals surface area contributed by atoms with Crippen molar-refractivity contribution in [3.63, 3.8) is 0 Å². The molecule has 0 saturated heterocycles. The number of anilines is 1. The van der Waals surface area contributed by atoms with Crippen LogP contribution in [0.3, 0.4) is 0 Å². The number of aryl methyl sites for hydroxylation is 2. The Morgan fingerprint density at radius 2 is 1.75 bits per heavy atom. The minimum Gasteiger partial charge on any atom is -0.513 e. The van der Waals surface area contributed by atoms with Crippen LogP contribution in [0.4, 0.5) is 5.69 Å². The summed E-state index contributed by atoms with van der Waals surface area (Å²) >= 11 is 0. The second-order valence-corrected chi connectivity index (χ2v) is 8.15. The highest BCUT2D eigenvalue weighted by Gasteiger charge is 2.19. The summed E-state index contributed by atoms with van der Waals surface area (Å²) in [6, 6.07) is 17.1. The van der Waals surface area contributed by atoms with Crippen LogP contribution in [0.5, 0.6) is 0 Å². The van der Waals surface area contributed by atoms with Crippen molar-refractivity contribution in [2.24, 2.45) is 0 Å². The maximum atomic E-state index is 11.0. The van der Waals surface area contributed by atoms with Crippen LogP contribution in [-0.2, 0) is 24.2 Å². The first-order valence-electron chi connectivity index (χ1n) is 11.0. The van der Waals surface area contributed by atoms with E-state index in [4.69, 9.17) is 0 Å². The summed E-state index contributed by atoms with van der Waals surface area (Å²) in [5, 5.41) is 16.2. The van der Waals surface area contributed by atoms with Crippen LogP contribution in [0, 0.1) is 13.8 Å². The van der Waals surface area contributed by atoms with Gasteiger partial charge in [0, 0.05) is 31.3 Å². The predicted molar refractivity (Wildman–Crippen MR) is 134 cm³/mol. The van der Waals surface area contributed by atoms with E-state index in [1.54, 1.807) is 0 Å². The SMILES string of the molecule is C=C(O)Cc1c(-c2ccc(C)cc2)cc(-c2ccc(CC)cc2CNC=O)c(NC)c1C. The fraction of sp³-hybridized carbons (Fsp3) is 0.250. The minimum atomic E-state index is 0.138. The topological polar surface area (TPSA) is 61.4 Å². The lowest BCUT2D eigenvalue weighted by Crippen LogP contribution is -2.12. The van der Waals surface area contributed by atoms with E-state index < -0.39 is 0 Å². The van der Waals surface area contributed by atoms with Gasteiger partial charge in [0.25, 0.3) is 0 Å². The molecule has 0 aliphatic heterocycles. The number of rotatable bonds is 9. The molecule has 3 aromatic carbocycles. The number of allylic oxidation sites excluding steroid dienone is 1. The Bertz CT molecular complexity index is 1130. The average Bonchev–Trinajstić information content (AvgIpc) is 2.79. The van der Waals surface area contributed by atoms with E-state index in [-0.39, 0.29) is 5.76 Å². The van der Waals surface area contributed by atoms with Crippen LogP contribution in [0.1, 0.15) is 34.7 Å². The van der Waals surface area contributed by atoms with E-state index in [0.29, 0.717) is 13.0 Å². The third-order valence-corrected chi connectivity index (χ3v) is 5.95. The van der Waals surface area contributed by atoms with Crippen LogP contribution in [0.2, 0.25) is 0 Å². The Balaban J connectivity index is 2.32. The molecule has 3 N–H and O–H groups in total. The zero-order valence-corrected chi connectivity index (χ0v) is 19.4. The van der Waals surface area contributed by atoms with Crippen molar-refractivity contribution < 1.29 is 9.90 Å². The molecule has 3 aromatic rings. The lowest BCUT2D eigenvalue weighted by Gasteiger charge is -2.22. The van der Waals surface area contributed by atoms with E-state index >= 15 is 0 Å². The molecule has 166 valence electrons. The van der Waals surface area contributed by atoms with Crippen LogP contribution in [0.25, 0.3) is 22.3 Å². The number of benzene rings is 3. The zero-order valence-electron chi connectivity index (χ0n) is 19.4. The Morgan fingerprint density at radius 3 is 2.34 bits per heavy atom. The summed E-state index contributed by atoms with van der Waals surface area (Å²) in [7, 11) is 1.92. The van der Waals surface area contributed by atoms with Gasteiger partial charge in [0.05, 0.1) is 5.76 Å². The fourth-order valence-electron chi connectivity index (χ4n) is 4.24. The van der Waals surface area contributed by atoms with Crippen molar-refractivity contribution in [1.82, 2.24) is 5.32 Å². The Labute approximate surface area is 191 Å². The Hall–Kier alpha value is -3.53. The maximum Gasteiger partial charge on any atom is 0.207 e. The molecule has 4 heteroatoms. The third kappa shape index (κ3) is 4.86. The van der Waals surface area contributed by atoms with Crippen molar-refractivity contribution in [2.45, 2.75) is 40.2 Å². The van der Waals surface area contributed by atoms with Crippen molar-refractivity contribution in [3.05, 3.63) is 88.7 Å². The van der Waals surface area contributed by atoms with Crippen molar-refractivity contribution in [2.75, 3.05) is 12.4 Å². The smallest absolute Gasteiger partial charge is 0.207 e. The van der Waals surface area contributed by atoms with Crippen LogP contribution in [0.15, 0.2) is 60.9 Å². The lowest BCUT2D eigenvalue weighted by atomic mass is 9.86. The molecule has 0 aliphatic carbocycles. The van der Waals surface area contributed by atoms with Gasteiger partial charge in [-0.3, -0.25) is 4.79 Å². The summed E-state index contributed by atoms with van der Waals surface area (Å²) in [5.41, 5.74) is 10.9. The average molecular weight is 429 g/mol. The van der Waals surface area contributed by atoms with Gasteiger partial charge in [0.15, 0.2) is 0 Å². The molecular weight excluding hydrogens is 396 g/mol. The first-order valence-corrected chi connectivity index (χ1v) is 11.0. The van der Waals surface area contributed by atoms with E-state index in [0.717, 1.165) is 57.5 Å². The van der Waals surface area contributed by atoms with Crippen LogP contribution >= 0.6 is 0 Å². The van der Waals surface area contributed by atoms with Gasteiger partial charge in [-0.05, 0) is 65.3 Å². The van der Waals surface area contributed by atoms with Gasteiger partial charge in [-0.2, -0.15) is 0 Å². The lowest BCUT2D eigenvalue weighted by molar-refractivity contribution is -0.109. The van der Waals surface area contributed by atoms with Gasteiger partial charge in [-0.15, -0.1) is 0 Å². The molecule has 0 radical (unpaired) electrons. The van der Waals surface area contributed by atoms with Crippen molar-refractivity contribution in [1.29, 1.82) is 0 Å². The summed E-state index contributed by atoms with van der Waals surface area (Å²) < 4.78 is 0. The zero-order chi connectivity index (χ0) is 23.3. The summed E-state index contributed by atoms with van der Waals surface area (Å²) in [4.78, 5) is 11.0. The molecule has 0 aromatic heterocycles. The summed E-state index contributed by atoms with van der Waals surface area (Å²) in [6.45, 7) is 10.5. The summed E-state index contributed by atoms with van der Waals surface area (Å²) in [6.07, 6.45) is 2.05. The van der Waals surface area contributed by atoms with Gasteiger partial charge in [0.1, 0.15) is 0 Å². The number of amides is 1. The molecule has 0 fully saturated rings. The largest absolute Gasteiger partial charge is 0.513 e. The molecule has 0 spiro atoms. The molecule has 0 saturated carbocycles. The highest BCUT2D eigenvalue weighted by molar-refractivity contribution is 5.89. The van der Waals surface area contributed by atoms with E-state index in [9.17, 15) is 9.90 Å².